The molecule has 0 unspecified atom stereocenters. The predicted molar refractivity (Wildman–Crippen MR) is 75.4 cm³/mol. The van der Waals surface area contributed by atoms with Gasteiger partial charge in [0.25, 0.3) is 0 Å². The van der Waals surface area contributed by atoms with Crippen LogP contribution in [0.4, 0.5) is 0 Å². The lowest BCUT2D eigenvalue weighted by molar-refractivity contribution is -0.146. The highest BCUT2D eigenvalue weighted by molar-refractivity contribution is 5.81. The number of hydrogen-bond donors (Lipinski definition) is 3. The monoisotopic (exact) mass is 293 g/mol. The number of primary amides is 1. The van der Waals surface area contributed by atoms with E-state index in [-0.39, 0.29) is 38.3 Å². The van der Waals surface area contributed by atoms with Crippen molar-refractivity contribution in [2.45, 2.75) is 25.9 Å². The number of nitrogens with one attached hydrogen (secondary N) is 2. The molecule has 0 saturated carbocycles. The Balaban J connectivity index is 2.09. The molecule has 0 spiro atoms. The van der Waals surface area contributed by atoms with E-state index in [1.807, 2.05) is 30.3 Å². The summed E-state index contributed by atoms with van der Waals surface area (Å²) in [6.07, 6.45) is 0.132. The molecule has 7 heteroatoms. The molecule has 4 N–H and O–H groups in total. The Bertz CT molecular complexity index is 476. The maximum atomic E-state index is 11.5. The van der Waals surface area contributed by atoms with E-state index in [4.69, 9.17) is 10.5 Å². The molecule has 0 bridgehead atoms. The van der Waals surface area contributed by atoms with Gasteiger partial charge in [-0.3, -0.25) is 19.8 Å². The predicted octanol–water partition coefficient (Wildman–Crippen LogP) is 0.00620. The van der Waals surface area contributed by atoms with Crippen molar-refractivity contribution in [3.05, 3.63) is 35.9 Å². The Labute approximate surface area is 122 Å². The molecule has 0 aliphatic carbocycles. The number of rotatable bonds is 9. The topological polar surface area (TPSA) is 111 Å². The van der Waals surface area contributed by atoms with Gasteiger partial charge in [-0.15, -0.1) is 0 Å². The van der Waals surface area contributed by atoms with E-state index >= 15 is 0 Å². The lowest BCUT2D eigenvalue weighted by Crippen LogP contribution is -2.39. The fraction of sp³-hybridized carbons (Fsp3) is 0.357. The van der Waals surface area contributed by atoms with Crippen molar-refractivity contribution in [2.24, 2.45) is 5.73 Å². The Kier molecular flexibility index (Phi) is 7.52. The van der Waals surface area contributed by atoms with Crippen LogP contribution < -0.4 is 16.6 Å². The first-order chi connectivity index (χ1) is 10.1. The molecule has 0 aliphatic rings. The van der Waals surface area contributed by atoms with Crippen LogP contribution in [0.3, 0.4) is 0 Å². The molecule has 21 heavy (non-hydrogen) atoms. The van der Waals surface area contributed by atoms with Crippen LogP contribution in [0.25, 0.3) is 0 Å². The average Bonchev–Trinajstić information content (AvgIpc) is 2.48. The molecule has 0 atom stereocenters. The Morgan fingerprint density at radius 2 is 1.76 bits per heavy atom. The fourth-order valence-electron chi connectivity index (χ4n) is 1.44. The highest BCUT2D eigenvalue weighted by Crippen LogP contribution is 2.02. The highest BCUT2D eigenvalue weighted by atomic mass is 16.5. The first-order valence-corrected chi connectivity index (χ1v) is 6.57. The molecule has 0 heterocycles. The van der Waals surface area contributed by atoms with Gasteiger partial charge in [0.2, 0.25) is 11.8 Å². The third kappa shape index (κ3) is 8.38. The molecular weight excluding hydrogens is 274 g/mol. The highest BCUT2D eigenvalue weighted by Gasteiger charge is 2.08. The summed E-state index contributed by atoms with van der Waals surface area (Å²) in [6.45, 7) is 0.442. The molecule has 1 aromatic rings. The van der Waals surface area contributed by atoms with E-state index in [1.54, 1.807) is 0 Å². The summed E-state index contributed by atoms with van der Waals surface area (Å²) in [5, 5.41) is 0. The maximum Gasteiger partial charge on any atom is 0.306 e. The quantitative estimate of drug-likeness (QED) is 0.337. The molecule has 1 aromatic carbocycles. The van der Waals surface area contributed by atoms with Crippen molar-refractivity contribution in [1.29, 1.82) is 0 Å². The number of nitrogens with two attached hydrogens (primary N) is 1. The number of ether oxygens (including phenoxy) is 1. The number of esters is 1. The molecule has 0 saturated heterocycles. The third-order valence-electron chi connectivity index (χ3n) is 2.52. The zero-order chi connectivity index (χ0) is 15.5. The van der Waals surface area contributed by atoms with Gasteiger partial charge in [-0.25, -0.2) is 5.43 Å². The lowest BCUT2D eigenvalue weighted by Gasteiger charge is -2.07. The van der Waals surface area contributed by atoms with Crippen molar-refractivity contribution in [1.82, 2.24) is 10.9 Å². The zero-order valence-corrected chi connectivity index (χ0v) is 11.6. The van der Waals surface area contributed by atoms with Gasteiger partial charge in [-0.2, -0.15) is 0 Å². The number of hydrogen-bond acceptors (Lipinski definition) is 5. The van der Waals surface area contributed by atoms with Gasteiger partial charge in [0.15, 0.2) is 0 Å². The SMILES string of the molecule is NC(=O)CCNNC(=O)CCC(=O)OCc1ccccc1. The van der Waals surface area contributed by atoms with Crippen LogP contribution in [0.15, 0.2) is 30.3 Å². The van der Waals surface area contributed by atoms with Gasteiger partial charge in [-0.1, -0.05) is 30.3 Å². The molecule has 0 aliphatic heterocycles. The minimum absolute atomic E-state index is 0.00380. The molecule has 7 nitrogen and oxygen atoms in total. The second-order valence-corrected chi connectivity index (χ2v) is 4.34. The molecule has 1 rings (SSSR count). The summed E-state index contributed by atoms with van der Waals surface area (Å²) in [7, 11) is 0. The molecule has 2 amide bonds. The normalized spacial score (nSPS) is 9.90. The summed E-state index contributed by atoms with van der Waals surface area (Å²) >= 11 is 0. The third-order valence-corrected chi connectivity index (χ3v) is 2.52. The van der Waals surface area contributed by atoms with E-state index in [2.05, 4.69) is 10.9 Å². The van der Waals surface area contributed by atoms with Crippen molar-refractivity contribution < 1.29 is 19.1 Å². The van der Waals surface area contributed by atoms with E-state index in [0.29, 0.717) is 0 Å². The smallest absolute Gasteiger partial charge is 0.306 e. The van der Waals surface area contributed by atoms with E-state index in [0.717, 1.165) is 5.56 Å². The molecule has 0 fully saturated rings. The van der Waals surface area contributed by atoms with Crippen molar-refractivity contribution in [3.8, 4) is 0 Å². The number of hydrazine groups is 1. The summed E-state index contributed by atoms with van der Waals surface area (Å²) in [5.41, 5.74) is 10.7. The first-order valence-electron chi connectivity index (χ1n) is 6.57. The van der Waals surface area contributed by atoms with Crippen LogP contribution in [0, 0.1) is 0 Å². The number of benzene rings is 1. The van der Waals surface area contributed by atoms with E-state index in [1.165, 1.54) is 0 Å². The average molecular weight is 293 g/mol. The van der Waals surface area contributed by atoms with Crippen molar-refractivity contribution in [2.75, 3.05) is 6.54 Å². The fourth-order valence-corrected chi connectivity index (χ4v) is 1.44. The first kappa shape index (κ1) is 16.6. The second kappa shape index (κ2) is 9.49. The lowest BCUT2D eigenvalue weighted by atomic mass is 10.2. The second-order valence-electron chi connectivity index (χ2n) is 4.34. The summed E-state index contributed by atoms with van der Waals surface area (Å²) in [5.74, 6) is -1.25. The number of carbonyl (C=O) groups is 3. The van der Waals surface area contributed by atoms with Crippen molar-refractivity contribution >= 4 is 17.8 Å². The Morgan fingerprint density at radius 3 is 2.43 bits per heavy atom. The zero-order valence-electron chi connectivity index (χ0n) is 11.6. The number of carbonyl (C=O) groups excluding carboxylic acids is 3. The van der Waals surface area contributed by atoms with Gasteiger partial charge >= 0.3 is 5.97 Å². The van der Waals surface area contributed by atoms with Gasteiger partial charge < -0.3 is 10.5 Å². The Morgan fingerprint density at radius 1 is 1.05 bits per heavy atom. The Hall–Kier alpha value is -2.41. The molecule has 0 radical (unpaired) electrons. The van der Waals surface area contributed by atoms with Crippen LogP contribution in [-0.2, 0) is 25.7 Å². The van der Waals surface area contributed by atoms with Gasteiger partial charge in [0.05, 0.1) is 6.42 Å². The van der Waals surface area contributed by atoms with Crippen LogP contribution in [0.5, 0.6) is 0 Å². The molecular formula is C14H19N3O4. The van der Waals surface area contributed by atoms with Crippen LogP contribution in [0.1, 0.15) is 24.8 Å². The largest absolute Gasteiger partial charge is 0.461 e. The molecule has 114 valence electrons. The summed E-state index contributed by atoms with van der Waals surface area (Å²) in [6, 6.07) is 9.29. The van der Waals surface area contributed by atoms with Gasteiger partial charge in [0.1, 0.15) is 6.61 Å². The number of amides is 2. The van der Waals surface area contributed by atoms with Crippen molar-refractivity contribution in [3.63, 3.8) is 0 Å². The minimum atomic E-state index is -0.457. The van der Waals surface area contributed by atoms with Gasteiger partial charge in [-0.05, 0) is 5.56 Å². The van der Waals surface area contributed by atoms with E-state index in [9.17, 15) is 14.4 Å². The van der Waals surface area contributed by atoms with Crippen LogP contribution in [0.2, 0.25) is 0 Å². The maximum absolute atomic E-state index is 11.5. The molecule has 0 aromatic heterocycles. The standard InChI is InChI=1S/C14H19N3O4/c15-12(18)8-9-16-17-13(19)6-7-14(20)21-10-11-4-2-1-3-5-11/h1-5,16H,6-10H2,(H2,15,18)(H,17,19). The summed E-state index contributed by atoms with van der Waals surface area (Å²) in [4.78, 5) is 33.3. The van der Waals surface area contributed by atoms with Gasteiger partial charge in [0, 0.05) is 19.4 Å². The minimum Gasteiger partial charge on any atom is -0.461 e. The van der Waals surface area contributed by atoms with Crippen LogP contribution in [-0.4, -0.2) is 24.3 Å². The van der Waals surface area contributed by atoms with E-state index < -0.39 is 11.9 Å². The summed E-state index contributed by atoms with van der Waals surface area (Å²) < 4.78 is 5.04. The van der Waals surface area contributed by atoms with Crippen LogP contribution >= 0.6 is 0 Å².